The highest BCUT2D eigenvalue weighted by Crippen LogP contribution is 2.45. The Labute approximate surface area is 234 Å². The van der Waals surface area contributed by atoms with E-state index in [0.29, 0.717) is 0 Å². The summed E-state index contributed by atoms with van der Waals surface area (Å²) in [4.78, 5) is 4.83. The molecule has 0 fully saturated rings. The number of aryl methyl sites for hydroxylation is 6. The first-order chi connectivity index (χ1) is 18.7. The van der Waals surface area contributed by atoms with Crippen molar-refractivity contribution < 1.29 is 0 Å². The zero-order valence-corrected chi connectivity index (χ0v) is 24.2. The Bertz CT molecular complexity index is 1530. The monoisotopic (exact) mass is 510 g/mol. The van der Waals surface area contributed by atoms with Crippen LogP contribution in [-0.2, 0) is 0 Å². The molecule has 5 aromatic carbocycles. The first kappa shape index (κ1) is 26.3. The van der Waals surface area contributed by atoms with Crippen molar-refractivity contribution in [1.29, 1.82) is 0 Å². The minimum absolute atomic E-state index is 1.16. The van der Waals surface area contributed by atoms with Gasteiger partial charge in [0.15, 0.2) is 0 Å². The average molecular weight is 511 g/mol. The fourth-order valence-corrected chi connectivity index (χ4v) is 5.56. The standard InChI is InChI=1S/C37H38N2/c1-25-11-8-13-32(23-25)38(34-19-17-27(3)21-29(34)5)36-15-10-16-37(31(36)7)39(33-14-9-12-26(2)24-33)35-20-18-28(4)22-30(35)6/h8-24H,1-7H3. The molecule has 0 N–H and O–H groups in total. The predicted octanol–water partition coefficient (Wildman–Crippen LogP) is 10.8. The van der Waals surface area contributed by atoms with Crippen LogP contribution in [0.1, 0.15) is 38.9 Å². The van der Waals surface area contributed by atoms with Gasteiger partial charge in [0.2, 0.25) is 0 Å². The Balaban J connectivity index is 1.77. The Hall–Kier alpha value is -4.30. The number of hydrogen-bond acceptors (Lipinski definition) is 2. The molecule has 0 unspecified atom stereocenters. The van der Waals surface area contributed by atoms with E-state index in [4.69, 9.17) is 0 Å². The molecule has 0 saturated carbocycles. The fraction of sp³-hybridized carbons (Fsp3) is 0.189. The lowest BCUT2D eigenvalue weighted by Gasteiger charge is -2.33. The number of hydrogen-bond donors (Lipinski definition) is 0. The molecule has 0 aliphatic rings. The Kier molecular flexibility index (Phi) is 7.30. The third kappa shape index (κ3) is 5.33. The summed E-state index contributed by atoms with van der Waals surface area (Å²) in [6.45, 7) is 15.3. The molecule has 0 aromatic heterocycles. The van der Waals surface area contributed by atoms with E-state index >= 15 is 0 Å². The summed E-state index contributed by atoms with van der Waals surface area (Å²) in [6, 6.07) is 37.7. The molecule has 0 bridgehead atoms. The van der Waals surface area contributed by atoms with Crippen LogP contribution in [0.3, 0.4) is 0 Å². The van der Waals surface area contributed by atoms with Crippen molar-refractivity contribution in [1.82, 2.24) is 0 Å². The molecule has 0 aliphatic carbocycles. The Morgan fingerprint density at radius 2 is 0.744 bits per heavy atom. The molecule has 0 amide bonds. The third-order valence-electron chi connectivity index (χ3n) is 7.46. The molecule has 0 aliphatic heterocycles. The van der Waals surface area contributed by atoms with E-state index in [9.17, 15) is 0 Å². The number of benzene rings is 5. The van der Waals surface area contributed by atoms with Crippen molar-refractivity contribution >= 4 is 34.1 Å². The van der Waals surface area contributed by atoms with Crippen molar-refractivity contribution in [2.24, 2.45) is 0 Å². The zero-order valence-electron chi connectivity index (χ0n) is 24.2. The van der Waals surface area contributed by atoms with Gasteiger partial charge in [0, 0.05) is 22.7 Å². The molecule has 0 atom stereocenters. The minimum Gasteiger partial charge on any atom is -0.310 e. The van der Waals surface area contributed by atoms with Gasteiger partial charge in [-0.25, -0.2) is 0 Å². The summed E-state index contributed by atoms with van der Waals surface area (Å²) in [5.74, 6) is 0. The smallest absolute Gasteiger partial charge is 0.0511 e. The second-order valence-corrected chi connectivity index (χ2v) is 10.8. The molecule has 5 aromatic rings. The summed E-state index contributed by atoms with van der Waals surface area (Å²) in [5.41, 5.74) is 15.8. The first-order valence-corrected chi connectivity index (χ1v) is 13.7. The van der Waals surface area contributed by atoms with Crippen LogP contribution in [0, 0.1) is 48.5 Å². The summed E-state index contributed by atoms with van der Waals surface area (Å²) in [6.07, 6.45) is 0. The van der Waals surface area contributed by atoms with Crippen molar-refractivity contribution in [2.75, 3.05) is 9.80 Å². The van der Waals surface area contributed by atoms with E-state index in [-0.39, 0.29) is 0 Å². The van der Waals surface area contributed by atoms with E-state index in [2.05, 4.69) is 161 Å². The quantitative estimate of drug-likeness (QED) is 0.224. The number of nitrogens with zero attached hydrogens (tertiary/aromatic N) is 2. The SMILES string of the molecule is Cc1cccc(N(c2ccc(C)cc2C)c2cccc(N(c3cccc(C)c3)c3ccc(C)cc3C)c2C)c1. The van der Waals surface area contributed by atoms with Gasteiger partial charge in [-0.2, -0.15) is 0 Å². The molecule has 5 rings (SSSR count). The van der Waals surface area contributed by atoms with Gasteiger partial charge in [-0.1, -0.05) is 65.7 Å². The molecule has 0 heterocycles. The highest BCUT2D eigenvalue weighted by atomic mass is 15.2. The Morgan fingerprint density at radius 3 is 1.13 bits per heavy atom. The topological polar surface area (TPSA) is 6.48 Å². The molecule has 2 nitrogen and oxygen atoms in total. The average Bonchev–Trinajstić information content (AvgIpc) is 2.89. The minimum atomic E-state index is 1.16. The van der Waals surface area contributed by atoms with Crippen molar-refractivity contribution in [2.45, 2.75) is 48.5 Å². The lowest BCUT2D eigenvalue weighted by atomic mass is 10.0. The normalized spacial score (nSPS) is 10.9. The number of anilines is 6. The van der Waals surface area contributed by atoms with Gasteiger partial charge in [-0.3, -0.25) is 0 Å². The van der Waals surface area contributed by atoms with Crippen LogP contribution in [0.2, 0.25) is 0 Å². The van der Waals surface area contributed by atoms with Crippen LogP contribution < -0.4 is 9.80 Å². The van der Waals surface area contributed by atoms with Gasteiger partial charge in [0.25, 0.3) is 0 Å². The largest absolute Gasteiger partial charge is 0.310 e. The van der Waals surface area contributed by atoms with Gasteiger partial charge in [0.1, 0.15) is 0 Å². The van der Waals surface area contributed by atoms with Gasteiger partial charge < -0.3 is 9.80 Å². The van der Waals surface area contributed by atoms with Crippen LogP contribution in [-0.4, -0.2) is 0 Å². The third-order valence-corrected chi connectivity index (χ3v) is 7.46. The summed E-state index contributed by atoms with van der Waals surface area (Å²) in [7, 11) is 0. The second kappa shape index (κ2) is 10.8. The van der Waals surface area contributed by atoms with Crippen LogP contribution >= 0.6 is 0 Å². The van der Waals surface area contributed by atoms with Gasteiger partial charge in [-0.05, 0) is 125 Å². The lowest BCUT2D eigenvalue weighted by molar-refractivity contribution is 1.18. The van der Waals surface area contributed by atoms with Gasteiger partial charge in [-0.15, -0.1) is 0 Å². The van der Waals surface area contributed by atoms with Crippen LogP contribution in [0.25, 0.3) is 0 Å². The highest BCUT2D eigenvalue weighted by Gasteiger charge is 2.22. The van der Waals surface area contributed by atoms with Crippen molar-refractivity contribution in [3.8, 4) is 0 Å². The van der Waals surface area contributed by atoms with Gasteiger partial charge >= 0.3 is 0 Å². The van der Waals surface area contributed by atoms with Crippen molar-refractivity contribution in [3.05, 3.63) is 142 Å². The predicted molar refractivity (Wildman–Crippen MR) is 169 cm³/mol. The fourth-order valence-electron chi connectivity index (χ4n) is 5.56. The summed E-state index contributed by atoms with van der Waals surface area (Å²) >= 11 is 0. The van der Waals surface area contributed by atoms with E-state index < -0.39 is 0 Å². The molecule has 2 heteroatoms. The van der Waals surface area contributed by atoms with Crippen LogP contribution in [0.5, 0.6) is 0 Å². The maximum absolute atomic E-state index is 2.41. The maximum atomic E-state index is 2.41. The molecule has 0 saturated heterocycles. The number of rotatable bonds is 6. The van der Waals surface area contributed by atoms with E-state index in [1.54, 1.807) is 0 Å². The van der Waals surface area contributed by atoms with E-state index in [1.165, 1.54) is 61.7 Å². The first-order valence-electron chi connectivity index (χ1n) is 13.7. The molecular weight excluding hydrogens is 472 g/mol. The highest BCUT2D eigenvalue weighted by molar-refractivity contribution is 5.87. The molecule has 0 radical (unpaired) electrons. The lowest BCUT2D eigenvalue weighted by Crippen LogP contribution is -2.17. The molecule has 39 heavy (non-hydrogen) atoms. The Morgan fingerprint density at radius 1 is 0.359 bits per heavy atom. The molecule has 196 valence electrons. The summed E-state index contributed by atoms with van der Waals surface area (Å²) in [5, 5.41) is 0. The maximum Gasteiger partial charge on any atom is 0.0511 e. The van der Waals surface area contributed by atoms with Crippen molar-refractivity contribution in [3.63, 3.8) is 0 Å². The zero-order chi connectivity index (χ0) is 27.7. The second-order valence-electron chi connectivity index (χ2n) is 10.8. The summed E-state index contributed by atoms with van der Waals surface area (Å²) < 4.78 is 0. The van der Waals surface area contributed by atoms with Gasteiger partial charge in [0.05, 0.1) is 11.4 Å². The van der Waals surface area contributed by atoms with Crippen LogP contribution in [0.15, 0.2) is 103 Å². The van der Waals surface area contributed by atoms with E-state index in [0.717, 1.165) is 11.4 Å². The van der Waals surface area contributed by atoms with Crippen LogP contribution in [0.4, 0.5) is 34.1 Å². The van der Waals surface area contributed by atoms with E-state index in [1.807, 2.05) is 0 Å². The molecular formula is C37H38N2. The molecule has 0 spiro atoms.